The first-order valence-corrected chi connectivity index (χ1v) is 6.76. The van der Waals surface area contributed by atoms with Crippen LogP contribution in [0.25, 0.3) is 0 Å². The van der Waals surface area contributed by atoms with Crippen LogP contribution in [0.4, 0.5) is 0 Å². The van der Waals surface area contributed by atoms with Crippen LogP contribution in [-0.2, 0) is 0 Å². The highest BCUT2D eigenvalue weighted by atomic mass is 16.6. The Balaban J connectivity index is 1.64. The van der Waals surface area contributed by atoms with Crippen molar-refractivity contribution in [2.75, 3.05) is 0 Å². The maximum absolute atomic E-state index is 12.1. The smallest absolute Gasteiger partial charge is 0.290 e. The quantitative estimate of drug-likeness (QED) is 0.779. The Morgan fingerprint density at radius 2 is 2.00 bits per heavy atom. The molecule has 22 heavy (non-hydrogen) atoms. The highest BCUT2D eigenvalue weighted by molar-refractivity contribution is 5.91. The molecule has 0 aliphatic rings. The molecule has 0 saturated carbocycles. The lowest BCUT2D eigenvalue weighted by molar-refractivity contribution is 0.0905. The largest absolute Gasteiger partial charge is 0.426 e. The molecule has 0 fully saturated rings. The highest BCUT2D eigenvalue weighted by Crippen LogP contribution is 2.23. The fourth-order valence-corrected chi connectivity index (χ4v) is 1.89. The lowest BCUT2D eigenvalue weighted by atomic mass is 10.2. The van der Waals surface area contributed by atoms with Crippen molar-refractivity contribution in [3.8, 4) is 11.7 Å². The standard InChI is InChI=1S/C16H14N2O4/c1-11(13-9-10-20-18-13)17-16(19)14-7-8-15(22-14)21-12-5-3-2-4-6-12/h2-11H,1H3,(H,17,19)/t11-/m1/s1. The number of rotatable bonds is 5. The van der Waals surface area contributed by atoms with Gasteiger partial charge in [0.05, 0.1) is 6.04 Å². The average Bonchev–Trinajstić information content (AvgIpc) is 3.19. The summed E-state index contributed by atoms with van der Waals surface area (Å²) in [5.41, 5.74) is 0.640. The van der Waals surface area contributed by atoms with E-state index < -0.39 is 0 Å². The van der Waals surface area contributed by atoms with Crippen LogP contribution in [-0.4, -0.2) is 11.1 Å². The molecule has 3 rings (SSSR count). The van der Waals surface area contributed by atoms with Crippen molar-refractivity contribution < 1.29 is 18.5 Å². The van der Waals surface area contributed by atoms with E-state index in [-0.39, 0.29) is 23.7 Å². The van der Waals surface area contributed by atoms with Gasteiger partial charge >= 0.3 is 0 Å². The van der Waals surface area contributed by atoms with Gasteiger partial charge in [0.1, 0.15) is 17.7 Å². The van der Waals surface area contributed by atoms with Crippen LogP contribution in [0.5, 0.6) is 11.7 Å². The summed E-state index contributed by atoms with van der Waals surface area (Å²) in [5, 5.41) is 6.54. The van der Waals surface area contributed by atoms with Gasteiger partial charge in [0.15, 0.2) is 5.76 Å². The normalized spacial score (nSPS) is 11.9. The van der Waals surface area contributed by atoms with Crippen LogP contribution in [0.3, 0.4) is 0 Å². The summed E-state index contributed by atoms with van der Waals surface area (Å²) in [5.74, 6) is 0.713. The van der Waals surface area contributed by atoms with Gasteiger partial charge in [-0.1, -0.05) is 23.4 Å². The molecular weight excluding hydrogens is 284 g/mol. The molecule has 0 spiro atoms. The van der Waals surface area contributed by atoms with Crippen LogP contribution in [0, 0.1) is 0 Å². The maximum Gasteiger partial charge on any atom is 0.290 e. The first kappa shape index (κ1) is 13.9. The Morgan fingerprint density at radius 3 is 2.73 bits per heavy atom. The number of para-hydroxylation sites is 1. The second-order valence-corrected chi connectivity index (χ2v) is 4.65. The number of aromatic nitrogens is 1. The fraction of sp³-hybridized carbons (Fsp3) is 0.125. The van der Waals surface area contributed by atoms with E-state index in [4.69, 9.17) is 13.7 Å². The Labute approximate surface area is 126 Å². The SMILES string of the molecule is C[C@@H](NC(=O)c1ccc(Oc2ccccc2)o1)c1ccon1. The second kappa shape index (κ2) is 6.17. The lowest BCUT2D eigenvalue weighted by Crippen LogP contribution is -2.26. The monoisotopic (exact) mass is 298 g/mol. The van der Waals surface area contributed by atoms with Crippen LogP contribution in [0.2, 0.25) is 0 Å². The number of amides is 1. The van der Waals surface area contributed by atoms with E-state index in [1.165, 1.54) is 6.26 Å². The van der Waals surface area contributed by atoms with E-state index >= 15 is 0 Å². The number of benzene rings is 1. The Morgan fingerprint density at radius 1 is 1.18 bits per heavy atom. The molecule has 1 atom stereocenters. The van der Waals surface area contributed by atoms with Gasteiger partial charge in [0.2, 0.25) is 0 Å². The van der Waals surface area contributed by atoms with Crippen LogP contribution >= 0.6 is 0 Å². The molecule has 0 saturated heterocycles. The maximum atomic E-state index is 12.1. The zero-order chi connectivity index (χ0) is 15.4. The zero-order valence-corrected chi connectivity index (χ0v) is 11.9. The highest BCUT2D eigenvalue weighted by Gasteiger charge is 2.17. The van der Waals surface area contributed by atoms with Crippen LogP contribution in [0.1, 0.15) is 29.2 Å². The first-order chi connectivity index (χ1) is 10.7. The van der Waals surface area contributed by atoms with Crippen molar-refractivity contribution in [3.63, 3.8) is 0 Å². The van der Waals surface area contributed by atoms with Gasteiger partial charge in [-0.15, -0.1) is 0 Å². The Hall–Kier alpha value is -3.02. The molecule has 0 bridgehead atoms. The van der Waals surface area contributed by atoms with Crippen LogP contribution < -0.4 is 10.1 Å². The van der Waals surface area contributed by atoms with Gasteiger partial charge in [0.25, 0.3) is 11.9 Å². The number of ether oxygens (including phenoxy) is 1. The minimum Gasteiger partial charge on any atom is -0.426 e. The Kier molecular flexibility index (Phi) is 3.91. The van der Waals surface area contributed by atoms with E-state index in [0.717, 1.165) is 0 Å². The van der Waals surface area contributed by atoms with Crippen molar-refractivity contribution in [1.82, 2.24) is 10.5 Å². The zero-order valence-electron chi connectivity index (χ0n) is 11.9. The van der Waals surface area contributed by atoms with Gasteiger partial charge in [-0.05, 0) is 25.1 Å². The molecule has 0 unspecified atom stereocenters. The molecule has 6 nitrogen and oxygen atoms in total. The summed E-state index contributed by atoms with van der Waals surface area (Å²) in [6, 6.07) is 13.8. The summed E-state index contributed by atoms with van der Waals surface area (Å²) in [6.45, 7) is 1.81. The van der Waals surface area contributed by atoms with E-state index in [0.29, 0.717) is 11.4 Å². The van der Waals surface area contributed by atoms with Gasteiger partial charge < -0.3 is 19.0 Å². The number of furan rings is 1. The van der Waals surface area contributed by atoms with E-state index in [2.05, 4.69) is 10.5 Å². The molecular formula is C16H14N2O4. The third-order valence-corrected chi connectivity index (χ3v) is 3.02. The van der Waals surface area contributed by atoms with Gasteiger partial charge in [0, 0.05) is 12.1 Å². The fourth-order valence-electron chi connectivity index (χ4n) is 1.89. The predicted molar refractivity (Wildman–Crippen MR) is 77.6 cm³/mol. The lowest BCUT2D eigenvalue weighted by Gasteiger charge is -2.09. The summed E-state index contributed by atoms with van der Waals surface area (Å²) < 4.78 is 15.7. The Bertz CT molecular complexity index is 735. The van der Waals surface area contributed by atoms with E-state index in [1.807, 2.05) is 18.2 Å². The summed E-state index contributed by atoms with van der Waals surface area (Å²) in [7, 11) is 0. The minimum absolute atomic E-state index is 0.168. The molecule has 1 N–H and O–H groups in total. The van der Waals surface area contributed by atoms with E-state index in [1.54, 1.807) is 37.3 Å². The minimum atomic E-state index is -0.349. The predicted octanol–water partition coefficient (Wildman–Crippen LogP) is 3.55. The number of nitrogens with one attached hydrogen (secondary N) is 1. The third kappa shape index (κ3) is 3.17. The third-order valence-electron chi connectivity index (χ3n) is 3.02. The van der Waals surface area contributed by atoms with Gasteiger partial charge in [-0.25, -0.2) is 0 Å². The van der Waals surface area contributed by atoms with Crippen molar-refractivity contribution in [3.05, 3.63) is 66.2 Å². The molecule has 2 aromatic heterocycles. The second-order valence-electron chi connectivity index (χ2n) is 4.65. The molecule has 0 aliphatic carbocycles. The van der Waals surface area contributed by atoms with E-state index in [9.17, 15) is 4.79 Å². The molecule has 3 aromatic rings. The molecule has 0 radical (unpaired) electrons. The van der Waals surface area contributed by atoms with Crippen molar-refractivity contribution in [2.24, 2.45) is 0 Å². The molecule has 112 valence electrons. The molecule has 0 aliphatic heterocycles. The summed E-state index contributed by atoms with van der Waals surface area (Å²) in [6.07, 6.45) is 1.46. The molecule has 1 amide bonds. The number of nitrogens with zero attached hydrogens (tertiary/aromatic N) is 1. The van der Waals surface area contributed by atoms with Crippen molar-refractivity contribution >= 4 is 5.91 Å². The number of carbonyl (C=O) groups excluding carboxylic acids is 1. The average molecular weight is 298 g/mol. The molecule has 6 heteroatoms. The molecule has 1 aromatic carbocycles. The van der Waals surface area contributed by atoms with Crippen molar-refractivity contribution in [2.45, 2.75) is 13.0 Å². The van der Waals surface area contributed by atoms with Crippen LogP contribution in [0.15, 0.2) is 63.7 Å². The van der Waals surface area contributed by atoms with Gasteiger partial charge in [-0.2, -0.15) is 0 Å². The summed E-state index contributed by atoms with van der Waals surface area (Å²) in [4.78, 5) is 12.1. The summed E-state index contributed by atoms with van der Waals surface area (Å²) >= 11 is 0. The first-order valence-electron chi connectivity index (χ1n) is 6.76. The topological polar surface area (TPSA) is 77.5 Å². The van der Waals surface area contributed by atoms with Gasteiger partial charge in [-0.3, -0.25) is 4.79 Å². The number of hydrogen-bond donors (Lipinski definition) is 1. The number of hydrogen-bond acceptors (Lipinski definition) is 5. The molecule has 2 heterocycles. The number of carbonyl (C=O) groups is 1. The van der Waals surface area contributed by atoms with Crippen molar-refractivity contribution in [1.29, 1.82) is 0 Å².